The minimum atomic E-state index is 0.517. The predicted octanol–water partition coefficient (Wildman–Crippen LogP) is 4.26. The Balaban J connectivity index is 1.50. The van der Waals surface area contributed by atoms with Crippen molar-refractivity contribution in [1.82, 2.24) is 20.0 Å². The van der Waals surface area contributed by atoms with Gasteiger partial charge in [-0.3, -0.25) is 0 Å². The largest absolute Gasteiger partial charge is 0.356 e. The summed E-state index contributed by atoms with van der Waals surface area (Å²) in [5, 5.41) is 13.5. The molecule has 0 spiro atoms. The Morgan fingerprint density at radius 2 is 1.81 bits per heavy atom. The monoisotopic (exact) mass is 383 g/mol. The molecule has 0 saturated carbocycles. The second-order valence-corrected chi connectivity index (χ2v) is 6.84. The summed E-state index contributed by atoms with van der Waals surface area (Å²) in [5.41, 5.74) is 2.53. The fourth-order valence-electron chi connectivity index (χ4n) is 2.46. The lowest BCUT2D eigenvalue weighted by molar-refractivity contribution is 0.426. The Hall–Kier alpha value is -2.77. The highest BCUT2D eigenvalue weighted by molar-refractivity contribution is 7.98. The van der Waals surface area contributed by atoms with Crippen molar-refractivity contribution in [1.29, 1.82) is 0 Å². The van der Waals surface area contributed by atoms with Crippen molar-refractivity contribution in [3.8, 4) is 22.7 Å². The highest BCUT2D eigenvalue weighted by Gasteiger charge is 2.15. The smallest absolute Gasteiger partial charge is 0.210 e. The second kappa shape index (κ2) is 7.23. The predicted molar refractivity (Wildman–Crippen MR) is 102 cm³/mol. The first-order valence-corrected chi connectivity index (χ1v) is 9.18. The molecule has 2 aromatic carbocycles. The molecule has 0 radical (unpaired) electrons. The number of halogens is 1. The zero-order chi connectivity index (χ0) is 17.9. The van der Waals surface area contributed by atoms with Crippen LogP contribution in [0.25, 0.3) is 22.7 Å². The van der Waals surface area contributed by atoms with Gasteiger partial charge >= 0.3 is 0 Å². The first-order chi connectivity index (χ1) is 12.7. The molecule has 8 heteroatoms. The van der Waals surface area contributed by atoms with E-state index >= 15 is 0 Å². The number of nitrogens with zero attached hydrogens (tertiary/aromatic N) is 4. The SMILES string of the molecule is Nn1c(SCc2cc(-c3ccccc3)on2)nnc1-c1ccccc1Cl. The van der Waals surface area contributed by atoms with Gasteiger partial charge in [-0.25, -0.2) is 4.68 Å². The molecule has 4 rings (SSSR count). The van der Waals surface area contributed by atoms with E-state index in [2.05, 4.69) is 15.4 Å². The third kappa shape index (κ3) is 3.31. The Bertz CT molecular complexity index is 1030. The van der Waals surface area contributed by atoms with Crippen LogP contribution in [0.2, 0.25) is 5.02 Å². The summed E-state index contributed by atoms with van der Waals surface area (Å²) in [6.45, 7) is 0. The van der Waals surface area contributed by atoms with Gasteiger partial charge in [-0.15, -0.1) is 10.2 Å². The lowest BCUT2D eigenvalue weighted by Gasteiger charge is -2.04. The number of hydrogen-bond donors (Lipinski definition) is 1. The van der Waals surface area contributed by atoms with Gasteiger partial charge in [0, 0.05) is 22.9 Å². The Morgan fingerprint density at radius 3 is 2.62 bits per heavy atom. The molecule has 0 saturated heterocycles. The average Bonchev–Trinajstić information content (AvgIpc) is 3.28. The van der Waals surface area contributed by atoms with Gasteiger partial charge in [0.2, 0.25) is 5.16 Å². The molecule has 2 N–H and O–H groups in total. The molecule has 130 valence electrons. The third-order valence-corrected chi connectivity index (χ3v) is 5.05. The Labute approximate surface area is 158 Å². The molecule has 0 aliphatic carbocycles. The van der Waals surface area contributed by atoms with Crippen molar-refractivity contribution in [2.24, 2.45) is 0 Å². The minimum absolute atomic E-state index is 0.517. The highest BCUT2D eigenvalue weighted by Crippen LogP contribution is 2.29. The van der Waals surface area contributed by atoms with Crippen LogP contribution in [0, 0.1) is 0 Å². The van der Waals surface area contributed by atoms with Gasteiger partial charge in [0.15, 0.2) is 11.6 Å². The minimum Gasteiger partial charge on any atom is -0.356 e. The van der Waals surface area contributed by atoms with E-state index in [1.165, 1.54) is 16.4 Å². The van der Waals surface area contributed by atoms with Crippen LogP contribution in [-0.2, 0) is 5.75 Å². The van der Waals surface area contributed by atoms with E-state index in [1.54, 1.807) is 6.07 Å². The molecular weight excluding hydrogens is 370 g/mol. The van der Waals surface area contributed by atoms with Crippen molar-refractivity contribution in [2.75, 3.05) is 5.84 Å². The maximum Gasteiger partial charge on any atom is 0.210 e. The normalized spacial score (nSPS) is 11.0. The van der Waals surface area contributed by atoms with Gasteiger partial charge < -0.3 is 10.4 Å². The molecule has 0 amide bonds. The molecule has 0 aliphatic heterocycles. The fourth-order valence-corrected chi connectivity index (χ4v) is 3.42. The van der Waals surface area contributed by atoms with Crippen molar-refractivity contribution >= 4 is 23.4 Å². The van der Waals surface area contributed by atoms with Crippen molar-refractivity contribution in [2.45, 2.75) is 10.9 Å². The van der Waals surface area contributed by atoms with Crippen molar-refractivity contribution < 1.29 is 4.52 Å². The van der Waals surface area contributed by atoms with Crippen LogP contribution in [0.15, 0.2) is 70.3 Å². The summed E-state index contributed by atoms with van der Waals surface area (Å²) in [7, 11) is 0. The summed E-state index contributed by atoms with van der Waals surface area (Å²) < 4.78 is 6.84. The standard InChI is InChI=1S/C18H14ClN5OS/c19-15-9-5-4-8-14(15)17-21-22-18(24(17)20)26-11-13-10-16(25-23-13)12-6-2-1-3-7-12/h1-10H,11,20H2. The molecular formula is C18H14ClN5OS. The van der Waals surface area contributed by atoms with Gasteiger partial charge in [0.1, 0.15) is 0 Å². The molecule has 0 atom stereocenters. The molecule has 2 aromatic heterocycles. The average molecular weight is 384 g/mol. The van der Waals surface area contributed by atoms with Crippen LogP contribution in [0.1, 0.15) is 5.69 Å². The van der Waals surface area contributed by atoms with Crippen LogP contribution >= 0.6 is 23.4 Å². The summed E-state index contributed by atoms with van der Waals surface area (Å²) in [5.74, 6) is 7.94. The van der Waals surface area contributed by atoms with Gasteiger partial charge in [0.05, 0.1) is 10.7 Å². The lowest BCUT2D eigenvalue weighted by Crippen LogP contribution is -2.11. The molecule has 26 heavy (non-hydrogen) atoms. The van der Waals surface area contributed by atoms with E-state index in [1.807, 2.05) is 54.6 Å². The number of rotatable bonds is 5. The van der Waals surface area contributed by atoms with Gasteiger partial charge in [0.25, 0.3) is 0 Å². The highest BCUT2D eigenvalue weighted by atomic mass is 35.5. The van der Waals surface area contributed by atoms with Crippen LogP contribution in [0.4, 0.5) is 0 Å². The number of thioether (sulfide) groups is 1. The number of hydrogen-bond acceptors (Lipinski definition) is 6. The van der Waals surface area contributed by atoms with Crippen LogP contribution < -0.4 is 5.84 Å². The van der Waals surface area contributed by atoms with Crippen molar-refractivity contribution in [3.63, 3.8) is 0 Å². The van der Waals surface area contributed by atoms with E-state index in [0.717, 1.165) is 22.6 Å². The van der Waals surface area contributed by atoms with Crippen LogP contribution in [0.5, 0.6) is 0 Å². The molecule has 4 aromatic rings. The summed E-state index contributed by atoms with van der Waals surface area (Å²) in [4.78, 5) is 0. The first kappa shape index (κ1) is 16.7. The zero-order valence-electron chi connectivity index (χ0n) is 13.5. The van der Waals surface area contributed by atoms with Crippen LogP contribution in [-0.4, -0.2) is 20.0 Å². The summed E-state index contributed by atoms with van der Waals surface area (Å²) >= 11 is 7.64. The number of nitrogen functional groups attached to an aromatic ring is 1. The Kier molecular flexibility index (Phi) is 4.64. The molecule has 0 unspecified atom stereocenters. The first-order valence-electron chi connectivity index (χ1n) is 7.81. The van der Waals surface area contributed by atoms with E-state index in [4.69, 9.17) is 22.0 Å². The van der Waals surface area contributed by atoms with E-state index in [0.29, 0.717) is 21.8 Å². The number of aromatic nitrogens is 4. The van der Waals surface area contributed by atoms with Gasteiger partial charge in [-0.2, -0.15) is 0 Å². The van der Waals surface area contributed by atoms with E-state index in [9.17, 15) is 0 Å². The molecule has 2 heterocycles. The maximum absolute atomic E-state index is 6.21. The summed E-state index contributed by atoms with van der Waals surface area (Å²) in [6, 6.07) is 19.1. The second-order valence-electron chi connectivity index (χ2n) is 5.49. The molecule has 0 aliphatic rings. The Morgan fingerprint density at radius 1 is 1.04 bits per heavy atom. The molecule has 0 fully saturated rings. The topological polar surface area (TPSA) is 82.8 Å². The third-order valence-electron chi connectivity index (χ3n) is 3.75. The molecule has 0 bridgehead atoms. The number of benzene rings is 2. The maximum atomic E-state index is 6.21. The van der Waals surface area contributed by atoms with Gasteiger partial charge in [-0.05, 0) is 12.1 Å². The van der Waals surface area contributed by atoms with E-state index in [-0.39, 0.29) is 0 Å². The van der Waals surface area contributed by atoms with Crippen LogP contribution in [0.3, 0.4) is 0 Å². The quantitative estimate of drug-likeness (QED) is 0.409. The van der Waals surface area contributed by atoms with E-state index < -0.39 is 0 Å². The molecule has 6 nitrogen and oxygen atoms in total. The van der Waals surface area contributed by atoms with Gasteiger partial charge in [-0.1, -0.05) is 71.0 Å². The zero-order valence-corrected chi connectivity index (χ0v) is 15.1. The van der Waals surface area contributed by atoms with Crippen molar-refractivity contribution in [3.05, 3.63) is 71.4 Å². The fraction of sp³-hybridized carbons (Fsp3) is 0.0556. The number of nitrogens with two attached hydrogens (primary N) is 1. The lowest BCUT2D eigenvalue weighted by atomic mass is 10.2. The summed E-state index contributed by atoms with van der Waals surface area (Å²) in [6.07, 6.45) is 0.